The molecule has 2 rings (SSSR count). The first-order chi connectivity index (χ1) is 21.2. The largest absolute Gasteiger partial charge is 0.369 e. The van der Waals surface area contributed by atoms with Gasteiger partial charge in [0.2, 0.25) is 11.8 Å². The third kappa shape index (κ3) is 10.2. The summed E-state index contributed by atoms with van der Waals surface area (Å²) in [6.07, 6.45) is 15.7. The third-order valence-electron chi connectivity index (χ3n) is 8.52. The molecule has 0 aliphatic rings. The standard InChI is InChI=1S/C36H50N2O6/c1-3-5-7-9-11-13-15-17-29(35(37)43)33(41)27-21-22-28(32-26(24-40)20-19-25(23-39)31(27)32)34(42)30(36(38)44)18-16-14-12-10-8-6-4-2/h19-24,29-30H,3-18H2,1-2H3,(H2,37,43)(H2,38,44). The average molecular weight is 607 g/mol. The van der Waals surface area contributed by atoms with Crippen LogP contribution < -0.4 is 11.5 Å². The second-order valence-corrected chi connectivity index (χ2v) is 11.8. The number of unbranched alkanes of at least 4 members (excludes halogenated alkanes) is 12. The van der Waals surface area contributed by atoms with Gasteiger partial charge in [-0.05, 0) is 25.0 Å². The van der Waals surface area contributed by atoms with Crippen LogP contribution in [0.5, 0.6) is 0 Å². The zero-order valence-corrected chi connectivity index (χ0v) is 26.5. The summed E-state index contributed by atoms with van der Waals surface area (Å²) < 4.78 is 0. The molecule has 2 atom stereocenters. The molecule has 0 saturated carbocycles. The number of amides is 2. The second-order valence-electron chi connectivity index (χ2n) is 11.8. The second kappa shape index (κ2) is 19.6. The van der Waals surface area contributed by atoms with Crippen LogP contribution in [0.25, 0.3) is 10.8 Å². The molecule has 2 amide bonds. The molecule has 0 fully saturated rings. The van der Waals surface area contributed by atoms with E-state index in [9.17, 15) is 28.8 Å². The summed E-state index contributed by atoms with van der Waals surface area (Å²) in [7, 11) is 0. The van der Waals surface area contributed by atoms with Gasteiger partial charge in [-0.3, -0.25) is 28.8 Å². The van der Waals surface area contributed by atoms with Crippen LogP contribution in [0.15, 0.2) is 24.3 Å². The van der Waals surface area contributed by atoms with E-state index < -0.39 is 35.2 Å². The number of primary amides is 2. The SMILES string of the molecule is CCCCCCCCCC(C(N)=O)C(=O)c1ccc(C(=O)C(CCCCCCCCC)C(N)=O)c2c(C=O)ccc(C=O)c12. The van der Waals surface area contributed by atoms with Crippen molar-refractivity contribution in [3.05, 3.63) is 46.5 Å². The van der Waals surface area contributed by atoms with Gasteiger partial charge in [0.1, 0.15) is 11.8 Å². The highest BCUT2D eigenvalue weighted by atomic mass is 16.2. The third-order valence-corrected chi connectivity index (χ3v) is 8.52. The topological polar surface area (TPSA) is 154 Å². The van der Waals surface area contributed by atoms with Gasteiger partial charge in [0.15, 0.2) is 24.1 Å². The van der Waals surface area contributed by atoms with Gasteiger partial charge >= 0.3 is 0 Å². The molecule has 44 heavy (non-hydrogen) atoms. The fraction of sp³-hybridized carbons (Fsp3) is 0.556. The molecule has 2 aromatic carbocycles. The molecular weight excluding hydrogens is 556 g/mol. The maximum Gasteiger partial charge on any atom is 0.228 e. The molecule has 0 saturated heterocycles. The van der Waals surface area contributed by atoms with E-state index in [-0.39, 0.29) is 45.9 Å². The van der Waals surface area contributed by atoms with Crippen LogP contribution in [0.1, 0.15) is 158 Å². The summed E-state index contributed by atoms with van der Waals surface area (Å²) in [5.74, 6) is -4.90. The predicted molar refractivity (Wildman–Crippen MR) is 174 cm³/mol. The zero-order chi connectivity index (χ0) is 32.5. The summed E-state index contributed by atoms with van der Waals surface area (Å²) in [6, 6.07) is 5.60. The van der Waals surface area contributed by atoms with Gasteiger partial charge in [0.05, 0.1) is 0 Å². The molecule has 0 aromatic heterocycles. The predicted octanol–water partition coefficient (Wildman–Crippen LogP) is 7.31. The van der Waals surface area contributed by atoms with Crippen molar-refractivity contribution in [1.82, 2.24) is 0 Å². The van der Waals surface area contributed by atoms with E-state index in [1.165, 1.54) is 37.1 Å². The van der Waals surface area contributed by atoms with Crippen LogP contribution in [0.3, 0.4) is 0 Å². The lowest BCUT2D eigenvalue weighted by atomic mass is 9.82. The molecule has 0 radical (unpaired) electrons. The molecule has 0 spiro atoms. The first-order valence-corrected chi connectivity index (χ1v) is 16.4. The zero-order valence-electron chi connectivity index (χ0n) is 26.5. The fourth-order valence-corrected chi connectivity index (χ4v) is 5.95. The van der Waals surface area contributed by atoms with Crippen molar-refractivity contribution in [2.45, 2.75) is 117 Å². The molecule has 2 aromatic rings. The number of hydrogen-bond acceptors (Lipinski definition) is 6. The summed E-state index contributed by atoms with van der Waals surface area (Å²) in [4.78, 5) is 76.8. The van der Waals surface area contributed by atoms with E-state index in [0.717, 1.165) is 64.2 Å². The number of fused-ring (bicyclic) bond motifs is 1. The average Bonchev–Trinajstić information content (AvgIpc) is 3.01. The highest BCUT2D eigenvalue weighted by molar-refractivity contribution is 6.25. The van der Waals surface area contributed by atoms with Crippen molar-refractivity contribution < 1.29 is 28.8 Å². The minimum Gasteiger partial charge on any atom is -0.369 e. The quantitative estimate of drug-likeness (QED) is 0.0552. The Morgan fingerprint density at radius 2 is 0.864 bits per heavy atom. The highest BCUT2D eigenvalue weighted by Gasteiger charge is 2.31. The van der Waals surface area contributed by atoms with Crippen molar-refractivity contribution >= 4 is 46.7 Å². The lowest BCUT2D eigenvalue weighted by Gasteiger charge is -2.19. The van der Waals surface area contributed by atoms with Crippen molar-refractivity contribution in [1.29, 1.82) is 0 Å². The van der Waals surface area contributed by atoms with Gasteiger partial charge in [0, 0.05) is 33.0 Å². The number of hydrogen-bond donors (Lipinski definition) is 2. The Labute approximate surface area is 261 Å². The number of ketones is 2. The van der Waals surface area contributed by atoms with Crippen molar-refractivity contribution in [3.63, 3.8) is 0 Å². The van der Waals surface area contributed by atoms with Crippen molar-refractivity contribution in [2.75, 3.05) is 0 Å². The lowest BCUT2D eigenvalue weighted by Crippen LogP contribution is -2.32. The van der Waals surface area contributed by atoms with E-state index in [2.05, 4.69) is 13.8 Å². The van der Waals surface area contributed by atoms with Crippen molar-refractivity contribution in [3.8, 4) is 0 Å². The Hall–Kier alpha value is -3.68. The summed E-state index contributed by atoms with van der Waals surface area (Å²) >= 11 is 0. The maximum atomic E-state index is 13.8. The van der Waals surface area contributed by atoms with Crippen LogP contribution in [0.4, 0.5) is 0 Å². The fourth-order valence-electron chi connectivity index (χ4n) is 5.95. The van der Waals surface area contributed by atoms with Crippen LogP contribution >= 0.6 is 0 Å². The van der Waals surface area contributed by atoms with Crippen molar-refractivity contribution in [2.24, 2.45) is 23.3 Å². The lowest BCUT2D eigenvalue weighted by molar-refractivity contribution is -0.121. The minimum atomic E-state index is -1.12. The number of carbonyl (C=O) groups excluding carboxylic acids is 6. The Balaban J connectivity index is 2.43. The van der Waals surface area contributed by atoms with E-state index >= 15 is 0 Å². The van der Waals surface area contributed by atoms with Gasteiger partial charge in [-0.1, -0.05) is 116 Å². The Morgan fingerprint density at radius 3 is 1.16 bits per heavy atom. The molecule has 4 N–H and O–H groups in total. The Kier molecular flexibility index (Phi) is 16.2. The van der Waals surface area contributed by atoms with Gasteiger partial charge in [-0.25, -0.2) is 0 Å². The molecule has 8 nitrogen and oxygen atoms in total. The van der Waals surface area contributed by atoms with E-state index in [1.807, 2.05) is 0 Å². The van der Waals surface area contributed by atoms with E-state index in [1.54, 1.807) is 0 Å². The maximum absolute atomic E-state index is 13.8. The molecule has 0 aliphatic heterocycles. The molecule has 0 aliphatic carbocycles. The van der Waals surface area contributed by atoms with E-state index in [4.69, 9.17) is 11.5 Å². The van der Waals surface area contributed by atoms with E-state index in [0.29, 0.717) is 25.4 Å². The van der Waals surface area contributed by atoms with Crippen LogP contribution in [-0.4, -0.2) is 36.0 Å². The Bertz CT molecular complexity index is 1200. The molecule has 0 bridgehead atoms. The molecule has 0 heterocycles. The Morgan fingerprint density at radius 1 is 0.545 bits per heavy atom. The number of nitrogens with two attached hydrogens (primary N) is 2. The number of aldehydes is 2. The number of carbonyl (C=O) groups is 6. The smallest absolute Gasteiger partial charge is 0.228 e. The normalized spacial score (nSPS) is 12.5. The van der Waals surface area contributed by atoms with Gasteiger partial charge in [-0.2, -0.15) is 0 Å². The number of benzene rings is 2. The highest BCUT2D eigenvalue weighted by Crippen LogP contribution is 2.33. The molecule has 8 heteroatoms. The summed E-state index contributed by atoms with van der Waals surface area (Å²) in [6.45, 7) is 4.30. The van der Waals surface area contributed by atoms with Gasteiger partial charge < -0.3 is 11.5 Å². The minimum absolute atomic E-state index is 0.0387. The van der Waals surface area contributed by atoms with Gasteiger partial charge in [-0.15, -0.1) is 0 Å². The molecule has 240 valence electrons. The molecule has 2 unspecified atom stereocenters. The first kappa shape index (κ1) is 36.5. The monoisotopic (exact) mass is 606 g/mol. The number of Topliss-reactive ketones (excluding diaryl/α,β-unsaturated/α-hetero) is 2. The van der Waals surface area contributed by atoms with Crippen LogP contribution in [0.2, 0.25) is 0 Å². The van der Waals surface area contributed by atoms with Gasteiger partial charge in [0.25, 0.3) is 0 Å². The molecular formula is C36H50N2O6. The summed E-state index contributed by atoms with van der Waals surface area (Å²) in [5, 5.41) is 0.204. The van der Waals surface area contributed by atoms with Crippen LogP contribution in [0, 0.1) is 11.8 Å². The first-order valence-electron chi connectivity index (χ1n) is 16.4. The summed E-state index contributed by atoms with van der Waals surface area (Å²) in [5.41, 5.74) is 11.6. The van der Waals surface area contributed by atoms with Crippen LogP contribution in [-0.2, 0) is 9.59 Å². The number of rotatable bonds is 24.